The van der Waals surface area contributed by atoms with Gasteiger partial charge in [-0.05, 0) is 36.3 Å². The zero-order valence-corrected chi connectivity index (χ0v) is 10.8. The SMILES string of the molecule is CCc1ccc(-n2c(C)nc3nnnc-3c2N)cc1. The summed E-state index contributed by atoms with van der Waals surface area (Å²) in [6, 6.07) is 8.22. The minimum atomic E-state index is 0.483. The summed E-state index contributed by atoms with van der Waals surface area (Å²) in [5.41, 5.74) is 8.92. The van der Waals surface area contributed by atoms with E-state index in [0.717, 1.165) is 17.9 Å². The molecule has 0 unspecified atom stereocenters. The first kappa shape index (κ1) is 11.6. The molecule has 0 atom stereocenters. The molecule has 2 heterocycles. The molecule has 96 valence electrons. The topological polar surface area (TPSA) is 82.5 Å². The van der Waals surface area contributed by atoms with Crippen molar-refractivity contribution in [1.82, 2.24) is 25.0 Å². The third-order valence-electron chi connectivity index (χ3n) is 3.17. The molecule has 0 saturated heterocycles. The van der Waals surface area contributed by atoms with E-state index in [0.29, 0.717) is 17.3 Å². The van der Waals surface area contributed by atoms with Crippen molar-refractivity contribution in [2.24, 2.45) is 0 Å². The van der Waals surface area contributed by atoms with Gasteiger partial charge in [0.2, 0.25) is 5.82 Å². The van der Waals surface area contributed by atoms with Crippen molar-refractivity contribution < 1.29 is 0 Å². The van der Waals surface area contributed by atoms with Crippen LogP contribution >= 0.6 is 0 Å². The van der Waals surface area contributed by atoms with Gasteiger partial charge in [0, 0.05) is 5.69 Å². The molecular formula is C13H14N6. The molecular weight excluding hydrogens is 240 g/mol. The lowest BCUT2D eigenvalue weighted by molar-refractivity contribution is 0.906. The molecule has 0 fully saturated rings. The molecule has 2 N–H and O–H groups in total. The van der Waals surface area contributed by atoms with Gasteiger partial charge in [-0.3, -0.25) is 4.57 Å². The average molecular weight is 254 g/mol. The first-order valence-corrected chi connectivity index (χ1v) is 6.14. The van der Waals surface area contributed by atoms with E-state index in [2.05, 4.69) is 39.5 Å². The van der Waals surface area contributed by atoms with Crippen LogP contribution in [0, 0.1) is 6.92 Å². The number of nitrogens with zero attached hydrogens (tertiary/aromatic N) is 5. The lowest BCUT2D eigenvalue weighted by Crippen LogP contribution is -2.12. The van der Waals surface area contributed by atoms with E-state index in [4.69, 9.17) is 5.73 Å². The third-order valence-corrected chi connectivity index (χ3v) is 3.17. The van der Waals surface area contributed by atoms with Crippen LogP contribution in [0.4, 0.5) is 5.82 Å². The van der Waals surface area contributed by atoms with E-state index in [-0.39, 0.29) is 0 Å². The first-order chi connectivity index (χ1) is 9.20. The summed E-state index contributed by atoms with van der Waals surface area (Å²) in [7, 11) is 0. The number of anilines is 1. The van der Waals surface area contributed by atoms with Crippen LogP contribution in [0.5, 0.6) is 0 Å². The summed E-state index contributed by atoms with van der Waals surface area (Å²) < 4.78 is 1.86. The minimum absolute atomic E-state index is 0.483. The number of hydrogen-bond donors (Lipinski definition) is 1. The van der Waals surface area contributed by atoms with Crippen LogP contribution in [0.2, 0.25) is 0 Å². The smallest absolute Gasteiger partial charge is 0.209 e. The van der Waals surface area contributed by atoms with E-state index >= 15 is 0 Å². The summed E-state index contributed by atoms with van der Waals surface area (Å²) in [6.45, 7) is 4.01. The molecule has 6 heteroatoms. The van der Waals surface area contributed by atoms with Crippen molar-refractivity contribution in [2.45, 2.75) is 20.3 Å². The minimum Gasteiger partial charge on any atom is -0.383 e. The van der Waals surface area contributed by atoms with Gasteiger partial charge in [0.15, 0.2) is 5.69 Å². The number of hydrogen-bond acceptors (Lipinski definition) is 5. The Bertz CT molecular complexity index is 685. The fourth-order valence-electron chi connectivity index (χ4n) is 2.13. The fraction of sp³-hybridized carbons (Fsp3) is 0.231. The number of fused-ring (bicyclic) bond motifs is 1. The zero-order chi connectivity index (χ0) is 13.4. The van der Waals surface area contributed by atoms with Crippen molar-refractivity contribution in [3.63, 3.8) is 0 Å². The molecule has 0 aromatic heterocycles. The van der Waals surface area contributed by atoms with Gasteiger partial charge in [0.25, 0.3) is 0 Å². The number of benzene rings is 1. The van der Waals surface area contributed by atoms with Gasteiger partial charge in [0.1, 0.15) is 11.6 Å². The quantitative estimate of drug-likeness (QED) is 0.751. The second kappa shape index (κ2) is 4.31. The standard InChI is InChI=1S/C13H14N6/c1-3-9-4-6-10(7-5-9)19-8(2)15-13-11(12(19)14)16-18-17-13/h4-7H,3,14H2,1-2H3. The predicted molar refractivity (Wildman–Crippen MR) is 72.1 cm³/mol. The van der Waals surface area contributed by atoms with Crippen LogP contribution in [0.1, 0.15) is 18.3 Å². The summed E-state index contributed by atoms with van der Waals surface area (Å²) >= 11 is 0. The molecule has 19 heavy (non-hydrogen) atoms. The molecule has 0 saturated carbocycles. The number of nitrogen functional groups attached to an aromatic ring is 1. The summed E-state index contributed by atoms with van der Waals surface area (Å²) in [4.78, 5) is 4.36. The highest BCUT2D eigenvalue weighted by atomic mass is 15.4. The van der Waals surface area contributed by atoms with Crippen molar-refractivity contribution in [1.29, 1.82) is 0 Å². The third kappa shape index (κ3) is 1.81. The Kier molecular flexibility index (Phi) is 2.63. The van der Waals surface area contributed by atoms with Gasteiger partial charge < -0.3 is 5.73 Å². The Hall–Kier alpha value is -2.50. The monoisotopic (exact) mass is 254 g/mol. The Morgan fingerprint density at radius 3 is 2.58 bits per heavy atom. The number of rotatable bonds is 2. The van der Waals surface area contributed by atoms with Crippen molar-refractivity contribution >= 4 is 5.82 Å². The maximum Gasteiger partial charge on any atom is 0.209 e. The van der Waals surface area contributed by atoms with Gasteiger partial charge in [-0.1, -0.05) is 19.1 Å². The van der Waals surface area contributed by atoms with E-state index in [1.54, 1.807) is 0 Å². The Labute approximate surface area is 110 Å². The van der Waals surface area contributed by atoms with Crippen molar-refractivity contribution in [3.8, 4) is 17.2 Å². The number of nitrogens with two attached hydrogens (primary N) is 1. The van der Waals surface area contributed by atoms with Gasteiger partial charge in [-0.2, -0.15) is 0 Å². The van der Waals surface area contributed by atoms with Crippen molar-refractivity contribution in [3.05, 3.63) is 35.7 Å². The van der Waals surface area contributed by atoms with Gasteiger partial charge in [-0.15, -0.1) is 10.2 Å². The Morgan fingerprint density at radius 1 is 1.16 bits per heavy atom. The van der Waals surface area contributed by atoms with Crippen LogP contribution in [-0.4, -0.2) is 25.0 Å². The lowest BCUT2D eigenvalue weighted by atomic mass is 10.1. The molecule has 0 radical (unpaired) electrons. The molecule has 2 aliphatic rings. The molecule has 6 nitrogen and oxygen atoms in total. The van der Waals surface area contributed by atoms with Crippen LogP contribution in [-0.2, 0) is 6.42 Å². The Balaban J connectivity index is 2.21. The molecule has 1 aromatic rings. The second-order valence-electron chi connectivity index (χ2n) is 4.36. The van der Waals surface area contributed by atoms with Gasteiger partial charge in [-0.25, -0.2) is 4.98 Å². The highest BCUT2D eigenvalue weighted by molar-refractivity contribution is 5.66. The summed E-state index contributed by atoms with van der Waals surface area (Å²) in [5.74, 6) is 1.75. The molecule has 1 aromatic carbocycles. The maximum atomic E-state index is 6.15. The van der Waals surface area contributed by atoms with Crippen molar-refractivity contribution in [2.75, 3.05) is 5.73 Å². The molecule has 0 amide bonds. The Morgan fingerprint density at radius 2 is 1.89 bits per heavy atom. The number of aryl methyl sites for hydroxylation is 2. The van der Waals surface area contributed by atoms with Crippen LogP contribution in [0.15, 0.2) is 24.3 Å². The van der Waals surface area contributed by atoms with E-state index in [9.17, 15) is 0 Å². The van der Waals surface area contributed by atoms with Crippen LogP contribution < -0.4 is 5.73 Å². The van der Waals surface area contributed by atoms with Gasteiger partial charge >= 0.3 is 0 Å². The van der Waals surface area contributed by atoms with Crippen LogP contribution in [0.25, 0.3) is 17.2 Å². The lowest BCUT2D eigenvalue weighted by Gasteiger charge is -2.15. The molecule has 2 aliphatic heterocycles. The summed E-state index contributed by atoms with van der Waals surface area (Å²) in [5, 5.41) is 11.4. The predicted octanol–water partition coefficient (Wildman–Crippen LogP) is 1.62. The average Bonchev–Trinajstić information content (AvgIpc) is 2.88. The first-order valence-electron chi connectivity index (χ1n) is 6.14. The van der Waals surface area contributed by atoms with E-state index in [1.165, 1.54) is 5.56 Å². The summed E-state index contributed by atoms with van der Waals surface area (Å²) in [6.07, 6.45) is 1.01. The zero-order valence-electron chi connectivity index (χ0n) is 10.8. The van der Waals surface area contributed by atoms with Crippen LogP contribution in [0.3, 0.4) is 0 Å². The molecule has 3 rings (SSSR count). The highest BCUT2D eigenvalue weighted by Crippen LogP contribution is 2.25. The second-order valence-corrected chi connectivity index (χ2v) is 4.36. The van der Waals surface area contributed by atoms with E-state index in [1.807, 2.05) is 23.6 Å². The fourth-order valence-corrected chi connectivity index (χ4v) is 2.13. The molecule has 0 spiro atoms. The maximum absolute atomic E-state index is 6.15. The number of aromatic nitrogens is 5. The molecule has 0 bridgehead atoms. The highest BCUT2D eigenvalue weighted by Gasteiger charge is 2.18. The normalized spacial score (nSPS) is 11.1. The van der Waals surface area contributed by atoms with E-state index < -0.39 is 0 Å². The molecule has 0 aliphatic carbocycles. The largest absolute Gasteiger partial charge is 0.383 e. The van der Waals surface area contributed by atoms with Gasteiger partial charge in [0.05, 0.1) is 0 Å².